The molecule has 0 spiro atoms. The summed E-state index contributed by atoms with van der Waals surface area (Å²) in [7, 11) is 0. The third-order valence-electron chi connectivity index (χ3n) is 1.43. The Kier molecular flexibility index (Phi) is 2.70. The van der Waals surface area contributed by atoms with Crippen molar-refractivity contribution in [1.82, 2.24) is 15.1 Å². The number of carbonyl (C=O) groups is 1. The van der Waals surface area contributed by atoms with Gasteiger partial charge in [-0.1, -0.05) is 0 Å². The van der Waals surface area contributed by atoms with E-state index in [-0.39, 0.29) is 11.9 Å². The van der Waals surface area contributed by atoms with Crippen molar-refractivity contribution in [2.24, 2.45) is 0 Å². The third kappa shape index (κ3) is 2.22. The van der Waals surface area contributed by atoms with Crippen molar-refractivity contribution >= 4 is 11.9 Å². The van der Waals surface area contributed by atoms with E-state index >= 15 is 0 Å². The van der Waals surface area contributed by atoms with Crippen LogP contribution in [-0.4, -0.2) is 15.6 Å². The molecule has 0 bridgehead atoms. The summed E-state index contributed by atoms with van der Waals surface area (Å²) in [6, 6.07) is 1.29. The summed E-state index contributed by atoms with van der Waals surface area (Å²) in [5.74, 6) is 5.15. The van der Waals surface area contributed by atoms with Crippen LogP contribution in [0.1, 0.15) is 12.6 Å². The second-order valence-corrected chi connectivity index (χ2v) is 2.74. The predicted octanol–water partition coefficient (Wildman–Crippen LogP) is -1.27. The van der Waals surface area contributed by atoms with Gasteiger partial charge in [0.05, 0.1) is 0 Å². The van der Waals surface area contributed by atoms with Crippen molar-refractivity contribution in [3.8, 4) is 0 Å². The van der Waals surface area contributed by atoms with E-state index in [9.17, 15) is 9.59 Å². The molecular weight excluding hydrogens is 186 g/mol. The number of nitrogens with zero attached hydrogens (tertiary/aromatic N) is 2. The normalized spacial score (nSPS) is 9.57. The zero-order valence-corrected chi connectivity index (χ0v) is 7.87. The molecule has 0 saturated carbocycles. The fourth-order valence-electron chi connectivity index (χ4n) is 0.838. The number of nitrogens with one attached hydrogen (secondary N) is 2. The lowest BCUT2D eigenvalue weighted by Gasteiger charge is -2.09. The Bertz CT molecular complexity index is 411. The summed E-state index contributed by atoms with van der Waals surface area (Å²) in [6.07, 6.45) is 0. The van der Waals surface area contributed by atoms with Crippen LogP contribution in [0.3, 0.4) is 0 Å². The van der Waals surface area contributed by atoms with E-state index in [1.54, 1.807) is 6.92 Å². The third-order valence-corrected chi connectivity index (χ3v) is 1.43. The van der Waals surface area contributed by atoms with Gasteiger partial charge in [-0.25, -0.2) is 4.98 Å². The Morgan fingerprint density at radius 1 is 1.64 bits per heavy atom. The quantitative estimate of drug-likeness (QED) is 0.405. The number of hydrogen-bond donors (Lipinski definition) is 3. The summed E-state index contributed by atoms with van der Waals surface area (Å²) in [4.78, 5) is 25.6. The molecule has 0 aliphatic heterocycles. The Labute approximate surface area is 79.9 Å². The molecule has 0 aromatic carbocycles. The predicted molar refractivity (Wildman–Crippen MR) is 50.8 cm³/mol. The van der Waals surface area contributed by atoms with Crippen LogP contribution in [0.15, 0.2) is 10.9 Å². The van der Waals surface area contributed by atoms with Crippen LogP contribution in [0.4, 0.5) is 5.95 Å². The lowest BCUT2D eigenvalue weighted by Crippen LogP contribution is -2.36. The fraction of sp³-hybridized carbons (Fsp3) is 0.286. The molecule has 0 unspecified atom stereocenters. The van der Waals surface area contributed by atoms with E-state index in [1.165, 1.54) is 13.0 Å². The van der Waals surface area contributed by atoms with Crippen LogP contribution in [-0.2, 0) is 4.79 Å². The minimum Gasteiger partial charge on any atom is -0.333 e. The lowest BCUT2D eigenvalue weighted by molar-refractivity contribution is -0.118. The highest BCUT2D eigenvalue weighted by molar-refractivity contribution is 5.73. The Morgan fingerprint density at radius 2 is 2.29 bits per heavy atom. The van der Waals surface area contributed by atoms with Crippen molar-refractivity contribution in [2.75, 3.05) is 11.3 Å². The number of nitrogen functional groups attached to an aromatic ring is 1. The molecular formula is C7H11N5O2. The van der Waals surface area contributed by atoms with Gasteiger partial charge in [-0.2, -0.15) is 4.68 Å². The molecule has 4 N–H and O–H groups in total. The Balaban J connectivity index is 2.96. The average molecular weight is 197 g/mol. The highest BCUT2D eigenvalue weighted by atomic mass is 16.2. The van der Waals surface area contributed by atoms with Crippen LogP contribution < -0.4 is 22.3 Å². The Morgan fingerprint density at radius 3 is 2.86 bits per heavy atom. The van der Waals surface area contributed by atoms with Gasteiger partial charge in [0.15, 0.2) is 0 Å². The zero-order valence-electron chi connectivity index (χ0n) is 7.87. The number of amides is 1. The van der Waals surface area contributed by atoms with Crippen LogP contribution in [0.2, 0.25) is 0 Å². The van der Waals surface area contributed by atoms with Crippen LogP contribution in [0.5, 0.6) is 0 Å². The van der Waals surface area contributed by atoms with Gasteiger partial charge in [-0.05, 0) is 6.92 Å². The first kappa shape index (κ1) is 10.0. The van der Waals surface area contributed by atoms with E-state index in [0.717, 1.165) is 4.68 Å². The minimum atomic E-state index is -0.398. The summed E-state index contributed by atoms with van der Waals surface area (Å²) in [5, 5.41) is 0. The number of anilines is 1. The van der Waals surface area contributed by atoms with Crippen molar-refractivity contribution in [2.45, 2.75) is 13.8 Å². The molecule has 1 rings (SSSR count). The standard InChI is InChI=1S/C7H11N5O2/c1-4-3-6(14)12(8)7(9-4)11-10-5(2)13/h3H,8H2,1-2H3,(H,9,11)(H,10,13). The maximum atomic E-state index is 11.2. The van der Waals surface area contributed by atoms with Crippen molar-refractivity contribution in [1.29, 1.82) is 0 Å². The number of hydrazine groups is 1. The van der Waals surface area contributed by atoms with Gasteiger partial charge >= 0.3 is 0 Å². The van der Waals surface area contributed by atoms with Gasteiger partial charge in [0, 0.05) is 18.7 Å². The summed E-state index contributed by atoms with van der Waals surface area (Å²) in [6.45, 7) is 2.97. The first-order valence-corrected chi connectivity index (χ1v) is 3.89. The Hall–Kier alpha value is -2.05. The van der Waals surface area contributed by atoms with Gasteiger partial charge in [-0.3, -0.25) is 20.4 Å². The van der Waals surface area contributed by atoms with Crippen molar-refractivity contribution < 1.29 is 4.79 Å². The van der Waals surface area contributed by atoms with Crippen molar-refractivity contribution in [3.63, 3.8) is 0 Å². The number of rotatable bonds is 2. The number of aromatic nitrogens is 2. The van der Waals surface area contributed by atoms with Gasteiger partial charge < -0.3 is 5.84 Å². The molecule has 7 nitrogen and oxygen atoms in total. The van der Waals surface area contributed by atoms with E-state index in [0.29, 0.717) is 5.69 Å². The molecule has 1 aromatic heterocycles. The van der Waals surface area contributed by atoms with Gasteiger partial charge in [0.25, 0.3) is 5.56 Å². The van der Waals surface area contributed by atoms with Crippen LogP contribution in [0, 0.1) is 6.92 Å². The first-order valence-electron chi connectivity index (χ1n) is 3.89. The molecule has 0 fully saturated rings. The van der Waals surface area contributed by atoms with Gasteiger partial charge in [-0.15, -0.1) is 0 Å². The minimum absolute atomic E-state index is 0.0881. The van der Waals surface area contributed by atoms with E-state index in [1.807, 2.05) is 0 Å². The number of nitrogens with two attached hydrogens (primary N) is 1. The summed E-state index contributed by atoms with van der Waals surface area (Å²) in [5.41, 5.74) is 4.81. The molecule has 0 atom stereocenters. The number of aryl methyl sites for hydroxylation is 1. The van der Waals surface area contributed by atoms with E-state index in [2.05, 4.69) is 15.8 Å². The molecule has 7 heteroatoms. The molecule has 1 amide bonds. The van der Waals surface area contributed by atoms with Crippen molar-refractivity contribution in [3.05, 3.63) is 22.1 Å². The molecule has 1 aromatic rings. The molecule has 0 aliphatic carbocycles. The summed E-state index contributed by atoms with van der Waals surface area (Å²) >= 11 is 0. The van der Waals surface area contributed by atoms with Crippen LogP contribution in [0.25, 0.3) is 0 Å². The van der Waals surface area contributed by atoms with Gasteiger partial charge in [0.2, 0.25) is 11.9 Å². The highest BCUT2D eigenvalue weighted by Crippen LogP contribution is 1.95. The van der Waals surface area contributed by atoms with Gasteiger partial charge in [0.1, 0.15) is 0 Å². The molecule has 76 valence electrons. The monoisotopic (exact) mass is 197 g/mol. The fourth-order valence-corrected chi connectivity index (χ4v) is 0.838. The smallest absolute Gasteiger partial charge is 0.273 e. The van der Waals surface area contributed by atoms with Crippen LogP contribution >= 0.6 is 0 Å². The molecule has 14 heavy (non-hydrogen) atoms. The van der Waals surface area contributed by atoms with E-state index < -0.39 is 5.56 Å². The molecule has 0 radical (unpaired) electrons. The maximum Gasteiger partial charge on any atom is 0.273 e. The lowest BCUT2D eigenvalue weighted by atomic mass is 10.4. The largest absolute Gasteiger partial charge is 0.333 e. The maximum absolute atomic E-state index is 11.2. The molecule has 1 heterocycles. The molecule has 0 saturated heterocycles. The van der Waals surface area contributed by atoms with E-state index in [4.69, 9.17) is 5.84 Å². The zero-order chi connectivity index (χ0) is 10.7. The summed E-state index contributed by atoms with van der Waals surface area (Å²) < 4.78 is 0.808. The molecule has 0 aliphatic rings. The second kappa shape index (κ2) is 3.77. The number of carbonyl (C=O) groups excluding carboxylic acids is 1. The number of hydrogen-bond acceptors (Lipinski definition) is 5. The highest BCUT2D eigenvalue weighted by Gasteiger charge is 2.03. The second-order valence-electron chi connectivity index (χ2n) is 2.74. The first-order chi connectivity index (χ1) is 6.50. The SMILES string of the molecule is CC(=O)NNc1nc(C)cc(=O)n1N. The topological polar surface area (TPSA) is 102 Å². The average Bonchev–Trinajstić information content (AvgIpc) is 2.08.